The molecule has 2 rings (SSSR count). The first-order valence-electron chi connectivity index (χ1n) is 8.16. The number of rotatable bonds is 6. The van der Waals surface area contributed by atoms with Crippen LogP contribution in [0.15, 0.2) is 48.5 Å². The van der Waals surface area contributed by atoms with Crippen LogP contribution in [0.5, 0.6) is 0 Å². The minimum absolute atomic E-state index is 0.0102. The van der Waals surface area contributed by atoms with E-state index in [1.165, 1.54) is 11.1 Å². The van der Waals surface area contributed by atoms with Crippen molar-refractivity contribution >= 4 is 11.6 Å². The maximum Gasteiger partial charge on any atom is 0.238 e. The lowest BCUT2D eigenvalue weighted by Gasteiger charge is -2.18. The summed E-state index contributed by atoms with van der Waals surface area (Å²) in [6.45, 7) is 8.67. The molecule has 3 nitrogen and oxygen atoms in total. The third-order valence-electron chi connectivity index (χ3n) is 4.06. The Kier molecular flexibility index (Phi) is 5.94. The quantitative estimate of drug-likeness (QED) is 0.830. The maximum atomic E-state index is 12.3. The third kappa shape index (κ3) is 4.67. The number of hydrogen-bond donors (Lipinski definition) is 2. The van der Waals surface area contributed by atoms with E-state index in [1.807, 2.05) is 37.3 Å². The smallest absolute Gasteiger partial charge is 0.238 e. The Morgan fingerprint density at radius 1 is 1.00 bits per heavy atom. The zero-order valence-corrected chi connectivity index (χ0v) is 14.4. The molecule has 2 aromatic rings. The van der Waals surface area contributed by atoms with Crippen LogP contribution < -0.4 is 10.6 Å². The molecule has 2 N–H and O–H groups in total. The van der Waals surface area contributed by atoms with Gasteiger partial charge in [-0.1, -0.05) is 62.4 Å². The Morgan fingerprint density at radius 2 is 1.70 bits per heavy atom. The molecule has 0 spiro atoms. The van der Waals surface area contributed by atoms with Gasteiger partial charge in [0.2, 0.25) is 5.91 Å². The number of carbonyl (C=O) groups excluding carboxylic acids is 1. The third-order valence-corrected chi connectivity index (χ3v) is 4.06. The summed E-state index contributed by atoms with van der Waals surface area (Å²) in [7, 11) is 0. The molecule has 0 saturated carbocycles. The molecule has 1 amide bonds. The lowest BCUT2D eigenvalue weighted by atomic mass is 9.98. The number of hydrogen-bond acceptors (Lipinski definition) is 2. The van der Waals surface area contributed by atoms with Gasteiger partial charge in [-0.05, 0) is 36.5 Å². The molecule has 0 saturated heterocycles. The number of aryl methyl sites for hydroxylation is 1. The van der Waals surface area contributed by atoms with E-state index >= 15 is 0 Å². The summed E-state index contributed by atoms with van der Waals surface area (Å²) in [5.74, 6) is 0.366. The summed E-state index contributed by atoms with van der Waals surface area (Å²) >= 11 is 0. The number of carbonyl (C=O) groups is 1. The molecule has 0 heterocycles. The van der Waals surface area contributed by atoms with E-state index in [9.17, 15) is 4.79 Å². The Morgan fingerprint density at radius 3 is 2.35 bits per heavy atom. The first-order chi connectivity index (χ1) is 11.0. The number of anilines is 1. The van der Waals surface area contributed by atoms with Crippen LogP contribution in [-0.2, 0) is 4.79 Å². The van der Waals surface area contributed by atoms with Gasteiger partial charge in [0.05, 0.1) is 6.54 Å². The van der Waals surface area contributed by atoms with Gasteiger partial charge in [0.25, 0.3) is 0 Å². The van der Waals surface area contributed by atoms with Crippen LogP contribution in [0.4, 0.5) is 5.69 Å². The van der Waals surface area contributed by atoms with E-state index in [0.29, 0.717) is 12.5 Å². The van der Waals surface area contributed by atoms with Gasteiger partial charge in [0, 0.05) is 11.7 Å². The highest BCUT2D eigenvalue weighted by Crippen LogP contribution is 2.27. The fraction of sp³-hybridized carbons (Fsp3) is 0.350. The van der Waals surface area contributed by atoms with Crippen LogP contribution >= 0.6 is 0 Å². The molecule has 0 aliphatic heterocycles. The van der Waals surface area contributed by atoms with Crippen LogP contribution in [0.3, 0.4) is 0 Å². The molecule has 0 bridgehead atoms. The Labute approximate surface area is 139 Å². The lowest BCUT2D eigenvalue weighted by Crippen LogP contribution is -2.30. The van der Waals surface area contributed by atoms with Gasteiger partial charge in [-0.25, -0.2) is 0 Å². The van der Waals surface area contributed by atoms with Crippen molar-refractivity contribution in [2.45, 2.75) is 39.7 Å². The fourth-order valence-corrected chi connectivity index (χ4v) is 2.63. The number of benzene rings is 2. The van der Waals surface area contributed by atoms with Crippen LogP contribution in [0.2, 0.25) is 0 Å². The van der Waals surface area contributed by atoms with Crippen molar-refractivity contribution in [3.8, 4) is 0 Å². The van der Waals surface area contributed by atoms with E-state index in [2.05, 4.69) is 49.6 Å². The minimum atomic E-state index is -0.0102. The highest BCUT2D eigenvalue weighted by Gasteiger charge is 2.13. The zero-order valence-electron chi connectivity index (χ0n) is 14.4. The first kappa shape index (κ1) is 17.2. The molecule has 0 aliphatic carbocycles. The summed E-state index contributed by atoms with van der Waals surface area (Å²) < 4.78 is 0. The normalized spacial score (nSPS) is 12.2. The van der Waals surface area contributed by atoms with Crippen molar-refractivity contribution in [1.82, 2.24) is 5.32 Å². The Hall–Kier alpha value is -2.13. The predicted molar refractivity (Wildman–Crippen MR) is 96.8 cm³/mol. The average molecular weight is 310 g/mol. The van der Waals surface area contributed by atoms with Crippen molar-refractivity contribution in [3.63, 3.8) is 0 Å². The summed E-state index contributed by atoms with van der Waals surface area (Å²) in [5, 5.41) is 6.34. The maximum absolute atomic E-state index is 12.3. The molecular formula is C20H26N2O. The number of para-hydroxylation sites is 1. The Bertz CT molecular complexity index is 650. The molecule has 23 heavy (non-hydrogen) atoms. The van der Waals surface area contributed by atoms with Crippen molar-refractivity contribution in [2.75, 3.05) is 11.9 Å². The van der Waals surface area contributed by atoms with Crippen molar-refractivity contribution in [2.24, 2.45) is 0 Å². The van der Waals surface area contributed by atoms with E-state index in [4.69, 9.17) is 0 Å². The molecule has 2 aromatic carbocycles. The zero-order chi connectivity index (χ0) is 16.8. The summed E-state index contributed by atoms with van der Waals surface area (Å²) in [4.78, 5) is 12.3. The van der Waals surface area contributed by atoms with Gasteiger partial charge in [-0.15, -0.1) is 0 Å². The fourth-order valence-electron chi connectivity index (χ4n) is 2.63. The van der Waals surface area contributed by atoms with Crippen LogP contribution in [0, 0.1) is 6.92 Å². The van der Waals surface area contributed by atoms with E-state index in [-0.39, 0.29) is 11.9 Å². The number of amides is 1. The van der Waals surface area contributed by atoms with Gasteiger partial charge in [-0.2, -0.15) is 0 Å². The predicted octanol–water partition coefficient (Wildman–Crippen LogP) is 4.41. The van der Waals surface area contributed by atoms with Crippen LogP contribution in [0.25, 0.3) is 0 Å². The SMILES string of the molecule is Cc1cccc(C(C)C)c1NC(=O)CNC(C)c1ccccc1. The van der Waals surface area contributed by atoms with Crippen molar-refractivity contribution in [3.05, 3.63) is 65.2 Å². The first-order valence-corrected chi connectivity index (χ1v) is 8.16. The highest BCUT2D eigenvalue weighted by atomic mass is 16.1. The summed E-state index contributed by atoms with van der Waals surface area (Å²) in [5.41, 5.74) is 4.40. The lowest BCUT2D eigenvalue weighted by molar-refractivity contribution is -0.115. The van der Waals surface area contributed by atoms with Gasteiger partial charge in [0.1, 0.15) is 0 Å². The second-order valence-corrected chi connectivity index (χ2v) is 6.26. The monoisotopic (exact) mass is 310 g/mol. The second kappa shape index (κ2) is 7.93. The molecular weight excluding hydrogens is 284 g/mol. The summed E-state index contributed by atoms with van der Waals surface area (Å²) in [6, 6.07) is 16.4. The topological polar surface area (TPSA) is 41.1 Å². The van der Waals surface area contributed by atoms with E-state index in [1.54, 1.807) is 0 Å². The minimum Gasteiger partial charge on any atom is -0.324 e. The number of nitrogens with one attached hydrogen (secondary N) is 2. The van der Waals surface area contributed by atoms with Gasteiger partial charge < -0.3 is 10.6 Å². The van der Waals surface area contributed by atoms with E-state index < -0.39 is 0 Å². The molecule has 0 fully saturated rings. The largest absolute Gasteiger partial charge is 0.324 e. The highest BCUT2D eigenvalue weighted by molar-refractivity contribution is 5.94. The molecule has 1 unspecified atom stereocenters. The molecule has 3 heteroatoms. The summed E-state index contributed by atoms with van der Waals surface area (Å²) in [6.07, 6.45) is 0. The van der Waals surface area contributed by atoms with Gasteiger partial charge >= 0.3 is 0 Å². The second-order valence-electron chi connectivity index (χ2n) is 6.26. The molecule has 1 atom stereocenters. The van der Waals surface area contributed by atoms with Crippen molar-refractivity contribution in [1.29, 1.82) is 0 Å². The molecule has 0 aliphatic rings. The molecule has 122 valence electrons. The van der Waals surface area contributed by atoms with Crippen molar-refractivity contribution < 1.29 is 4.79 Å². The van der Waals surface area contributed by atoms with Crippen LogP contribution in [-0.4, -0.2) is 12.5 Å². The standard InChI is InChI=1S/C20H26N2O/c1-14(2)18-12-8-9-15(3)20(18)22-19(23)13-21-16(4)17-10-6-5-7-11-17/h5-12,14,16,21H,13H2,1-4H3,(H,22,23). The van der Waals surface area contributed by atoms with E-state index in [0.717, 1.165) is 11.3 Å². The average Bonchev–Trinajstić information content (AvgIpc) is 2.55. The van der Waals surface area contributed by atoms with Gasteiger partial charge in [-0.3, -0.25) is 4.79 Å². The van der Waals surface area contributed by atoms with Crippen LogP contribution in [0.1, 0.15) is 49.4 Å². The molecule has 0 radical (unpaired) electrons. The van der Waals surface area contributed by atoms with Gasteiger partial charge in [0.15, 0.2) is 0 Å². The Balaban J connectivity index is 1.98. The molecule has 0 aromatic heterocycles.